The van der Waals surface area contributed by atoms with Crippen LogP contribution in [-0.2, 0) is 9.53 Å². The van der Waals surface area contributed by atoms with Crippen LogP contribution in [0.15, 0.2) is 0 Å². The minimum absolute atomic E-state index is 0.0144. The number of carbonyl (C=O) groups is 1. The Labute approximate surface area is 88.2 Å². The monoisotopic (exact) mass is 217 g/mol. The van der Waals surface area contributed by atoms with E-state index in [0.717, 1.165) is 0 Å². The van der Waals surface area contributed by atoms with Gasteiger partial charge >= 0.3 is 13.1 Å². The molecule has 2 unspecified atom stereocenters. The highest BCUT2D eigenvalue weighted by Gasteiger charge is 2.40. The second kappa shape index (κ2) is 4.93. The predicted octanol–water partition coefficient (Wildman–Crippen LogP) is -1.33. The maximum atomic E-state index is 10.9. The van der Waals surface area contributed by atoms with Gasteiger partial charge in [0.25, 0.3) is 0 Å². The Morgan fingerprint density at radius 1 is 1.60 bits per heavy atom. The van der Waals surface area contributed by atoms with Crippen molar-refractivity contribution in [2.24, 2.45) is 11.7 Å². The molecule has 0 bridgehead atoms. The predicted molar refractivity (Wildman–Crippen MR) is 53.1 cm³/mol. The van der Waals surface area contributed by atoms with Crippen molar-refractivity contribution in [3.8, 4) is 0 Å². The van der Waals surface area contributed by atoms with Crippen LogP contribution in [0.3, 0.4) is 0 Å². The average molecular weight is 217 g/mol. The Hall–Kier alpha value is -0.625. The molecule has 1 aliphatic rings. The van der Waals surface area contributed by atoms with E-state index < -0.39 is 18.6 Å². The summed E-state index contributed by atoms with van der Waals surface area (Å²) in [6, 6.07) is 0. The van der Waals surface area contributed by atoms with E-state index in [1.807, 2.05) is 0 Å². The van der Waals surface area contributed by atoms with Crippen molar-refractivity contribution in [2.45, 2.75) is 24.7 Å². The van der Waals surface area contributed by atoms with Crippen LogP contribution in [0.1, 0.15) is 12.8 Å². The smallest absolute Gasteiger partial charge is 0.451 e. The van der Waals surface area contributed by atoms with Crippen LogP contribution in [-0.4, -0.2) is 47.0 Å². The van der Waals surface area contributed by atoms with E-state index in [2.05, 4.69) is 0 Å². The third-order valence-corrected chi connectivity index (χ3v) is 2.63. The lowest BCUT2D eigenvalue weighted by Crippen LogP contribution is -2.56. The van der Waals surface area contributed by atoms with Gasteiger partial charge in [0.15, 0.2) is 0 Å². The van der Waals surface area contributed by atoms with Gasteiger partial charge in [0, 0.05) is 6.61 Å². The maximum Gasteiger partial charge on any atom is 0.451 e. The Morgan fingerprint density at radius 2 is 2.27 bits per heavy atom. The molecule has 2 atom stereocenters. The number of ether oxygens (including phenoxy) is 1. The van der Waals surface area contributed by atoms with Crippen molar-refractivity contribution in [3.63, 3.8) is 0 Å². The summed E-state index contributed by atoms with van der Waals surface area (Å²) < 4.78 is 5.12. The molecular formula is C8H16BNO5. The van der Waals surface area contributed by atoms with E-state index in [0.29, 0.717) is 19.4 Å². The lowest BCUT2D eigenvalue weighted by molar-refractivity contribution is -0.150. The van der Waals surface area contributed by atoms with Gasteiger partial charge in [-0.2, -0.15) is 0 Å². The first-order valence-electron chi connectivity index (χ1n) is 4.90. The highest BCUT2D eigenvalue weighted by Crippen LogP contribution is 2.25. The fourth-order valence-corrected chi connectivity index (χ4v) is 1.76. The highest BCUT2D eigenvalue weighted by atomic mass is 16.5. The van der Waals surface area contributed by atoms with Gasteiger partial charge in [-0.05, 0) is 25.1 Å². The number of hydrogen-bond donors (Lipinski definition) is 4. The molecule has 0 aromatic heterocycles. The van der Waals surface area contributed by atoms with Crippen molar-refractivity contribution in [3.05, 3.63) is 0 Å². The summed E-state index contributed by atoms with van der Waals surface area (Å²) >= 11 is 0. The Bertz CT molecular complexity index is 237. The maximum absolute atomic E-state index is 10.9. The molecule has 1 heterocycles. The summed E-state index contributed by atoms with van der Waals surface area (Å²) in [5, 5.41) is 26.3. The van der Waals surface area contributed by atoms with Crippen LogP contribution in [0.4, 0.5) is 0 Å². The zero-order valence-electron chi connectivity index (χ0n) is 8.43. The molecule has 0 aromatic carbocycles. The van der Waals surface area contributed by atoms with E-state index >= 15 is 0 Å². The molecule has 6 nitrogen and oxygen atoms in total. The molecule has 1 saturated heterocycles. The Balaban J connectivity index is 2.45. The van der Waals surface area contributed by atoms with Crippen LogP contribution in [0.2, 0.25) is 6.32 Å². The SMILES string of the molecule is NC1(C(=O)O)COCC(CCB(O)O)C1. The molecule has 0 radical (unpaired) electrons. The molecule has 5 N–H and O–H groups in total. The molecule has 1 rings (SSSR count). The molecule has 86 valence electrons. The van der Waals surface area contributed by atoms with Crippen LogP contribution < -0.4 is 5.73 Å². The van der Waals surface area contributed by atoms with Crippen molar-refractivity contribution in [2.75, 3.05) is 13.2 Å². The Kier molecular flexibility index (Phi) is 4.09. The second-order valence-electron chi connectivity index (χ2n) is 4.10. The van der Waals surface area contributed by atoms with Gasteiger partial charge in [-0.1, -0.05) is 0 Å². The zero-order chi connectivity index (χ0) is 11.5. The fraction of sp³-hybridized carbons (Fsp3) is 0.875. The number of rotatable bonds is 4. The van der Waals surface area contributed by atoms with Crippen LogP contribution in [0.25, 0.3) is 0 Å². The normalized spacial score (nSPS) is 31.3. The molecule has 7 heteroatoms. The van der Waals surface area contributed by atoms with Crippen LogP contribution in [0.5, 0.6) is 0 Å². The molecule has 0 amide bonds. The second-order valence-corrected chi connectivity index (χ2v) is 4.10. The number of nitrogens with two attached hydrogens (primary N) is 1. The van der Waals surface area contributed by atoms with Gasteiger partial charge < -0.3 is 25.6 Å². The van der Waals surface area contributed by atoms with Gasteiger partial charge in [-0.15, -0.1) is 0 Å². The standard InChI is InChI=1S/C8H16BNO5/c10-8(7(11)12)3-6(4-15-5-8)1-2-9(13)14/h6,13-14H,1-5,10H2,(H,11,12). The topological polar surface area (TPSA) is 113 Å². The van der Waals surface area contributed by atoms with Gasteiger partial charge in [0.2, 0.25) is 0 Å². The minimum Gasteiger partial charge on any atom is -0.480 e. The van der Waals surface area contributed by atoms with E-state index in [1.165, 1.54) is 0 Å². The third-order valence-electron chi connectivity index (χ3n) is 2.63. The summed E-state index contributed by atoms with van der Waals surface area (Å²) in [5.41, 5.74) is 4.32. The number of hydrogen-bond acceptors (Lipinski definition) is 5. The lowest BCUT2D eigenvalue weighted by atomic mass is 9.77. The first-order chi connectivity index (χ1) is 6.94. The van der Waals surface area contributed by atoms with Crippen molar-refractivity contribution < 1.29 is 24.7 Å². The first kappa shape index (κ1) is 12.4. The number of carboxylic acid groups (broad SMARTS) is 1. The van der Waals surface area contributed by atoms with Crippen LogP contribution in [0, 0.1) is 5.92 Å². The Morgan fingerprint density at radius 3 is 2.80 bits per heavy atom. The molecule has 1 fully saturated rings. The van der Waals surface area contributed by atoms with Gasteiger partial charge in [-0.3, -0.25) is 4.79 Å². The highest BCUT2D eigenvalue weighted by molar-refractivity contribution is 6.40. The molecular weight excluding hydrogens is 201 g/mol. The average Bonchev–Trinajstić information content (AvgIpc) is 2.15. The number of aliphatic carboxylic acids is 1. The van der Waals surface area contributed by atoms with Gasteiger partial charge in [-0.25, -0.2) is 0 Å². The van der Waals surface area contributed by atoms with E-state index in [9.17, 15) is 4.79 Å². The zero-order valence-corrected chi connectivity index (χ0v) is 8.43. The molecule has 0 spiro atoms. The molecule has 15 heavy (non-hydrogen) atoms. The number of carboxylic acids is 1. The van der Waals surface area contributed by atoms with Gasteiger partial charge in [0.05, 0.1) is 6.61 Å². The third kappa shape index (κ3) is 3.46. The largest absolute Gasteiger partial charge is 0.480 e. The lowest BCUT2D eigenvalue weighted by Gasteiger charge is -2.34. The van der Waals surface area contributed by atoms with E-state index in [4.69, 9.17) is 25.6 Å². The first-order valence-corrected chi connectivity index (χ1v) is 4.90. The van der Waals surface area contributed by atoms with Crippen molar-refractivity contribution in [1.82, 2.24) is 0 Å². The van der Waals surface area contributed by atoms with Crippen LogP contribution >= 0.6 is 0 Å². The van der Waals surface area contributed by atoms with E-state index in [-0.39, 0.29) is 18.8 Å². The minimum atomic E-state index is -1.36. The summed E-state index contributed by atoms with van der Waals surface area (Å²) in [7, 11) is -1.36. The fourth-order valence-electron chi connectivity index (χ4n) is 1.76. The molecule has 0 saturated carbocycles. The molecule has 0 aromatic rings. The summed E-state index contributed by atoms with van der Waals surface area (Å²) in [4.78, 5) is 10.9. The van der Waals surface area contributed by atoms with Crippen molar-refractivity contribution in [1.29, 1.82) is 0 Å². The summed E-state index contributed by atoms with van der Waals surface area (Å²) in [6.45, 7) is 0.444. The summed E-state index contributed by atoms with van der Waals surface area (Å²) in [5.74, 6) is -1.10. The quantitative estimate of drug-likeness (QED) is 0.434. The van der Waals surface area contributed by atoms with E-state index in [1.54, 1.807) is 0 Å². The molecule has 1 aliphatic heterocycles. The van der Waals surface area contributed by atoms with Crippen molar-refractivity contribution >= 4 is 13.1 Å². The van der Waals surface area contributed by atoms with Gasteiger partial charge in [0.1, 0.15) is 5.54 Å². The summed E-state index contributed by atoms with van der Waals surface area (Å²) in [6.07, 6.45) is 1.03. The molecule has 0 aliphatic carbocycles.